The maximum absolute atomic E-state index is 8.63. The number of hydrogen-bond acceptors (Lipinski definition) is 9. The van der Waals surface area contributed by atoms with Crippen molar-refractivity contribution in [1.29, 1.82) is 0 Å². The zero-order valence-corrected chi connectivity index (χ0v) is 12.0. The van der Waals surface area contributed by atoms with Crippen LogP contribution in [0.1, 0.15) is 0 Å². The third kappa shape index (κ3) is 3240. The first-order valence-electron chi connectivity index (χ1n) is 2.05. The fraction of sp³-hybridized carbons (Fsp3) is 0. The van der Waals surface area contributed by atoms with Crippen molar-refractivity contribution >= 4 is 31.2 Å². The molecule has 0 spiro atoms. The van der Waals surface area contributed by atoms with Crippen LogP contribution in [0.4, 0.5) is 0 Å². The van der Waals surface area contributed by atoms with Crippen molar-refractivity contribution in [3.05, 3.63) is 0 Å². The summed E-state index contributed by atoms with van der Waals surface area (Å²) in [7, 11) is -14.7. The molecule has 0 aromatic carbocycles. The fourth-order valence-corrected chi connectivity index (χ4v) is 0. The van der Waals surface area contributed by atoms with Gasteiger partial charge in [-0.2, -0.15) is 0 Å². The van der Waals surface area contributed by atoms with Gasteiger partial charge >= 0.3 is 0 Å². The van der Waals surface area contributed by atoms with Crippen LogP contribution in [0.3, 0.4) is 0 Å². The normalized spacial score (nSPS) is 10.9. The van der Waals surface area contributed by atoms with E-state index < -0.39 is 31.2 Å². The molecule has 0 rings (SSSR count). The van der Waals surface area contributed by atoms with Crippen LogP contribution in [0, 0.1) is 40.4 Å². The Bertz CT molecular complexity index is 337. The van der Waals surface area contributed by atoms with Crippen LogP contribution in [0.2, 0.25) is 0 Å². The molecule has 0 aliphatic heterocycles. The Morgan fingerprint density at radius 2 is 0.562 bits per heavy atom. The summed E-state index contributed by atoms with van der Waals surface area (Å²) in [5, 5.41) is 0. The van der Waals surface area contributed by atoms with Gasteiger partial charge in [-0.25, -0.2) is 25.3 Å². The van der Waals surface area contributed by atoms with Gasteiger partial charge in [0.25, 0.3) is 0 Å². The average Bonchev–Trinajstić information content (AvgIpc) is 1.41. The summed E-state index contributed by atoms with van der Waals surface area (Å²) in [4.78, 5) is 0. The van der Waals surface area contributed by atoms with Crippen molar-refractivity contribution < 1.29 is 93.0 Å². The second-order valence-electron chi connectivity index (χ2n) is 1.28. The van der Waals surface area contributed by atoms with Gasteiger partial charge in [-0.1, -0.05) is 0 Å². The monoisotopic (exact) mass is 436 g/mol. The van der Waals surface area contributed by atoms with Crippen molar-refractivity contribution in [1.82, 2.24) is 0 Å². The van der Waals surface area contributed by atoms with Gasteiger partial charge in [-0.3, -0.25) is 13.7 Å². The van der Waals surface area contributed by atoms with E-state index in [2.05, 4.69) is 0 Å². The van der Waals surface area contributed by atoms with Crippen LogP contribution in [0.5, 0.6) is 0 Å². The molecule has 0 bridgehead atoms. The predicted octanol–water partition coefficient (Wildman–Crippen LogP) is -2.99. The molecule has 0 atom stereocenters. The summed E-state index contributed by atoms with van der Waals surface area (Å²) < 4.78 is 98.5. The van der Waals surface area contributed by atoms with Crippen LogP contribution >= 0.6 is 0 Å². The SMILES string of the molecule is O=S(=O)([O-])O.O=S(=O)([O-])O.O=S(=O)([O-])O.[Pm]. The molecule has 0 aliphatic rings. The Morgan fingerprint density at radius 1 is 0.562 bits per heavy atom. The van der Waals surface area contributed by atoms with Crippen molar-refractivity contribution in [3.63, 3.8) is 0 Å². The molecule has 0 saturated heterocycles. The molecule has 0 amide bonds. The second-order valence-corrected chi connectivity index (χ2v) is 3.85. The molecule has 0 fully saturated rings. The molecular weight excluding hydrogens is 433 g/mol. The van der Waals surface area contributed by atoms with Gasteiger partial charge < -0.3 is 13.7 Å². The molecule has 0 saturated carbocycles. The van der Waals surface area contributed by atoms with Gasteiger partial charge in [0.2, 0.25) is 31.2 Å². The summed E-state index contributed by atoms with van der Waals surface area (Å²) in [5.41, 5.74) is 0. The smallest absolute Gasteiger partial charge is 0.215 e. The van der Waals surface area contributed by atoms with Crippen LogP contribution in [0.15, 0.2) is 0 Å². The van der Waals surface area contributed by atoms with Crippen molar-refractivity contribution in [3.8, 4) is 0 Å². The molecular formula is H3O12PmS3-3. The van der Waals surface area contributed by atoms with Gasteiger partial charge in [0, 0.05) is 40.4 Å². The first kappa shape index (κ1) is 25.7. The maximum atomic E-state index is 8.63. The zero-order valence-electron chi connectivity index (χ0n) is 6.69. The summed E-state index contributed by atoms with van der Waals surface area (Å²) in [6.45, 7) is 0. The van der Waals surface area contributed by atoms with Gasteiger partial charge in [-0.15, -0.1) is 0 Å². The van der Waals surface area contributed by atoms with Gasteiger partial charge in [0.05, 0.1) is 0 Å². The third-order valence-electron chi connectivity index (χ3n) is 0. The Labute approximate surface area is 123 Å². The Kier molecular flexibility index (Phi) is 15.9. The van der Waals surface area contributed by atoms with Crippen LogP contribution < -0.4 is 0 Å². The van der Waals surface area contributed by atoms with Crippen LogP contribution in [-0.4, -0.2) is 52.6 Å². The summed E-state index contributed by atoms with van der Waals surface area (Å²) in [5.74, 6) is 0. The fourth-order valence-electron chi connectivity index (χ4n) is 0. The minimum absolute atomic E-state index is 0. The zero-order chi connectivity index (χ0) is 13.5. The molecule has 0 aliphatic carbocycles. The van der Waals surface area contributed by atoms with E-state index in [1.54, 1.807) is 0 Å². The molecule has 101 valence electrons. The molecule has 0 aromatic heterocycles. The first-order chi connectivity index (χ1) is 6.00. The molecule has 0 aromatic rings. The standard InChI is InChI=1S/3H2O4S.Pm/c3*1-5(2,3)4;/h3*(H2,1,2,3,4);/p-3. The predicted molar refractivity (Wildman–Crippen MR) is 37.0 cm³/mol. The van der Waals surface area contributed by atoms with E-state index in [9.17, 15) is 0 Å². The minimum Gasteiger partial charge on any atom is -0.726 e. The van der Waals surface area contributed by atoms with Gasteiger partial charge in [0.15, 0.2) is 0 Å². The van der Waals surface area contributed by atoms with E-state index in [1.165, 1.54) is 0 Å². The van der Waals surface area contributed by atoms with Crippen molar-refractivity contribution in [2.24, 2.45) is 0 Å². The molecule has 16 heteroatoms. The van der Waals surface area contributed by atoms with Crippen LogP contribution in [0.25, 0.3) is 0 Å². The molecule has 1 radical (unpaired) electrons. The van der Waals surface area contributed by atoms with Gasteiger partial charge in [0.1, 0.15) is 0 Å². The van der Waals surface area contributed by atoms with E-state index in [0.29, 0.717) is 0 Å². The quantitative estimate of drug-likeness (QED) is 0.255. The molecule has 0 unspecified atom stereocenters. The topological polar surface area (TPSA) is 232 Å². The Morgan fingerprint density at radius 3 is 0.562 bits per heavy atom. The van der Waals surface area contributed by atoms with Gasteiger partial charge in [-0.05, 0) is 0 Å². The largest absolute Gasteiger partial charge is 0.726 e. The van der Waals surface area contributed by atoms with E-state index >= 15 is 0 Å². The minimum atomic E-state index is -4.92. The molecule has 16 heavy (non-hydrogen) atoms. The summed E-state index contributed by atoms with van der Waals surface area (Å²) in [6, 6.07) is 0. The van der Waals surface area contributed by atoms with E-state index in [4.69, 9.17) is 52.6 Å². The van der Waals surface area contributed by atoms with E-state index in [1.807, 2.05) is 0 Å². The summed E-state index contributed by atoms with van der Waals surface area (Å²) in [6.07, 6.45) is 0. The third-order valence-corrected chi connectivity index (χ3v) is 0. The maximum Gasteiger partial charge on any atom is 0.215 e. The Balaban J connectivity index is -0.0000000655. The molecule has 12 nitrogen and oxygen atoms in total. The van der Waals surface area contributed by atoms with Crippen molar-refractivity contribution in [2.75, 3.05) is 0 Å². The molecule has 3 N–H and O–H groups in total. The van der Waals surface area contributed by atoms with E-state index in [-0.39, 0.29) is 40.4 Å². The van der Waals surface area contributed by atoms with E-state index in [0.717, 1.165) is 0 Å². The van der Waals surface area contributed by atoms with Crippen LogP contribution in [-0.2, 0) is 31.2 Å². The van der Waals surface area contributed by atoms with Crippen molar-refractivity contribution in [2.45, 2.75) is 0 Å². The Hall–Kier alpha value is 0.948. The average molecular weight is 436 g/mol. The second kappa shape index (κ2) is 9.93. The molecule has 0 heterocycles. The summed E-state index contributed by atoms with van der Waals surface area (Å²) >= 11 is 0. The first-order valence-corrected chi connectivity index (χ1v) is 6.14. The number of hydrogen-bond donors (Lipinski definition) is 3. The number of rotatable bonds is 0.